The molecule has 0 N–H and O–H groups in total. The van der Waals surface area contributed by atoms with Crippen LogP contribution in [0.1, 0.15) is 25.0 Å². The molecule has 0 aromatic heterocycles. The first-order chi connectivity index (χ1) is 6.72. The summed E-state index contributed by atoms with van der Waals surface area (Å²) in [5.41, 5.74) is 3.38. The van der Waals surface area contributed by atoms with Crippen molar-refractivity contribution in [2.45, 2.75) is 26.3 Å². The number of rotatable bonds is 1. The van der Waals surface area contributed by atoms with Crippen LogP contribution in [0.25, 0.3) is 0 Å². The molecule has 72 valence electrons. The van der Waals surface area contributed by atoms with E-state index in [9.17, 15) is 0 Å². The normalized spacial score (nSPS) is 14.3. The SMILES string of the molecule is CC(C)N1CCc2ccc(C#N)cc21. The van der Waals surface area contributed by atoms with E-state index < -0.39 is 0 Å². The highest BCUT2D eigenvalue weighted by Crippen LogP contribution is 2.30. The summed E-state index contributed by atoms with van der Waals surface area (Å²) in [4.78, 5) is 2.36. The van der Waals surface area contributed by atoms with Crippen molar-refractivity contribution < 1.29 is 0 Å². The zero-order valence-corrected chi connectivity index (χ0v) is 8.62. The second-order valence-corrected chi connectivity index (χ2v) is 3.99. The molecule has 2 nitrogen and oxygen atoms in total. The van der Waals surface area contributed by atoms with Crippen LogP contribution in [0.5, 0.6) is 0 Å². The number of nitriles is 1. The number of anilines is 1. The first kappa shape index (κ1) is 9.08. The first-order valence-corrected chi connectivity index (χ1v) is 5.02. The molecule has 0 radical (unpaired) electrons. The zero-order chi connectivity index (χ0) is 10.1. The topological polar surface area (TPSA) is 27.0 Å². The van der Waals surface area contributed by atoms with Crippen LogP contribution >= 0.6 is 0 Å². The highest BCUT2D eigenvalue weighted by molar-refractivity contribution is 5.61. The summed E-state index contributed by atoms with van der Waals surface area (Å²) in [7, 11) is 0. The Hall–Kier alpha value is -1.49. The monoisotopic (exact) mass is 186 g/mol. The molecule has 14 heavy (non-hydrogen) atoms. The van der Waals surface area contributed by atoms with Gasteiger partial charge in [0.05, 0.1) is 11.6 Å². The minimum atomic E-state index is 0.519. The third-order valence-corrected chi connectivity index (χ3v) is 2.77. The van der Waals surface area contributed by atoms with Crippen LogP contribution in [0.2, 0.25) is 0 Å². The molecule has 0 saturated heterocycles. The number of nitrogens with zero attached hydrogens (tertiary/aromatic N) is 2. The lowest BCUT2D eigenvalue weighted by atomic mass is 10.1. The number of fused-ring (bicyclic) bond motifs is 1. The number of hydrogen-bond acceptors (Lipinski definition) is 2. The van der Waals surface area contributed by atoms with Crippen LogP contribution in [-0.2, 0) is 6.42 Å². The van der Waals surface area contributed by atoms with Crippen molar-refractivity contribution in [2.24, 2.45) is 0 Å². The van der Waals surface area contributed by atoms with E-state index in [1.54, 1.807) is 0 Å². The molecule has 2 rings (SSSR count). The van der Waals surface area contributed by atoms with E-state index in [1.807, 2.05) is 12.1 Å². The molecule has 2 heteroatoms. The molecule has 0 spiro atoms. The maximum absolute atomic E-state index is 8.83. The molecule has 1 aliphatic heterocycles. The molecule has 0 bridgehead atoms. The van der Waals surface area contributed by atoms with Crippen molar-refractivity contribution in [3.63, 3.8) is 0 Å². The Morgan fingerprint density at radius 1 is 1.43 bits per heavy atom. The van der Waals surface area contributed by atoms with E-state index in [-0.39, 0.29) is 0 Å². The van der Waals surface area contributed by atoms with Crippen molar-refractivity contribution in [1.82, 2.24) is 0 Å². The molecule has 1 aliphatic rings. The highest BCUT2D eigenvalue weighted by Gasteiger charge is 2.20. The predicted octanol–water partition coefficient (Wildman–Crippen LogP) is 2.33. The molecular weight excluding hydrogens is 172 g/mol. The van der Waals surface area contributed by atoms with Gasteiger partial charge in [0.1, 0.15) is 0 Å². The lowest BCUT2D eigenvalue weighted by Gasteiger charge is -2.23. The Labute approximate surface area is 84.8 Å². The van der Waals surface area contributed by atoms with Gasteiger partial charge in [0.2, 0.25) is 0 Å². The van der Waals surface area contributed by atoms with Gasteiger partial charge in [-0.2, -0.15) is 5.26 Å². The molecule has 0 amide bonds. The fourth-order valence-electron chi connectivity index (χ4n) is 2.01. The van der Waals surface area contributed by atoms with Gasteiger partial charge in [-0.15, -0.1) is 0 Å². The standard InChI is InChI=1S/C12H14N2/c1-9(2)14-6-5-11-4-3-10(8-13)7-12(11)14/h3-4,7,9H,5-6H2,1-2H3. The zero-order valence-electron chi connectivity index (χ0n) is 8.62. The molecule has 0 saturated carbocycles. The van der Waals surface area contributed by atoms with Crippen LogP contribution in [-0.4, -0.2) is 12.6 Å². The summed E-state index contributed by atoms with van der Waals surface area (Å²) in [6, 6.07) is 8.70. The van der Waals surface area contributed by atoms with Crippen LogP contribution < -0.4 is 4.90 Å². The molecule has 1 heterocycles. The third kappa shape index (κ3) is 1.35. The Balaban J connectivity index is 2.43. The van der Waals surface area contributed by atoms with Crippen LogP contribution in [0.4, 0.5) is 5.69 Å². The van der Waals surface area contributed by atoms with Crippen molar-refractivity contribution in [3.8, 4) is 6.07 Å². The van der Waals surface area contributed by atoms with Gasteiger partial charge in [0, 0.05) is 18.3 Å². The van der Waals surface area contributed by atoms with Gasteiger partial charge < -0.3 is 4.90 Å². The van der Waals surface area contributed by atoms with Gasteiger partial charge in [-0.3, -0.25) is 0 Å². The Morgan fingerprint density at radius 3 is 2.86 bits per heavy atom. The van der Waals surface area contributed by atoms with Gasteiger partial charge in [-0.25, -0.2) is 0 Å². The highest BCUT2D eigenvalue weighted by atomic mass is 15.2. The van der Waals surface area contributed by atoms with E-state index in [1.165, 1.54) is 11.3 Å². The lowest BCUT2D eigenvalue weighted by molar-refractivity contribution is 0.710. The largest absolute Gasteiger partial charge is 0.369 e. The molecule has 0 aliphatic carbocycles. The molecule has 0 fully saturated rings. The van der Waals surface area contributed by atoms with E-state index in [0.717, 1.165) is 18.5 Å². The maximum Gasteiger partial charge on any atom is 0.0992 e. The second-order valence-electron chi connectivity index (χ2n) is 3.99. The summed E-state index contributed by atoms with van der Waals surface area (Å²) in [6.07, 6.45) is 1.11. The Morgan fingerprint density at radius 2 is 2.21 bits per heavy atom. The molecule has 1 aromatic carbocycles. The summed E-state index contributed by atoms with van der Waals surface area (Å²) >= 11 is 0. The van der Waals surface area contributed by atoms with Crippen molar-refractivity contribution in [2.75, 3.05) is 11.4 Å². The fourth-order valence-corrected chi connectivity index (χ4v) is 2.01. The van der Waals surface area contributed by atoms with Gasteiger partial charge in [-0.1, -0.05) is 6.07 Å². The minimum Gasteiger partial charge on any atom is -0.369 e. The Kier molecular flexibility index (Phi) is 2.17. The average Bonchev–Trinajstić information content (AvgIpc) is 2.59. The van der Waals surface area contributed by atoms with Crippen molar-refractivity contribution in [1.29, 1.82) is 5.26 Å². The van der Waals surface area contributed by atoms with E-state index >= 15 is 0 Å². The summed E-state index contributed by atoms with van der Waals surface area (Å²) in [5, 5.41) is 8.83. The average molecular weight is 186 g/mol. The summed E-state index contributed by atoms with van der Waals surface area (Å²) < 4.78 is 0. The van der Waals surface area contributed by atoms with Gasteiger partial charge in [0.25, 0.3) is 0 Å². The van der Waals surface area contributed by atoms with Crippen molar-refractivity contribution in [3.05, 3.63) is 29.3 Å². The van der Waals surface area contributed by atoms with Crippen LogP contribution in [0.3, 0.4) is 0 Å². The lowest BCUT2D eigenvalue weighted by Crippen LogP contribution is -2.28. The fraction of sp³-hybridized carbons (Fsp3) is 0.417. The molecule has 0 unspecified atom stereocenters. The third-order valence-electron chi connectivity index (χ3n) is 2.77. The quantitative estimate of drug-likeness (QED) is 0.673. The van der Waals surface area contributed by atoms with Crippen LogP contribution in [0, 0.1) is 11.3 Å². The van der Waals surface area contributed by atoms with Gasteiger partial charge >= 0.3 is 0 Å². The molecular formula is C12H14N2. The van der Waals surface area contributed by atoms with E-state index in [2.05, 4.69) is 30.9 Å². The first-order valence-electron chi connectivity index (χ1n) is 5.02. The van der Waals surface area contributed by atoms with Crippen molar-refractivity contribution >= 4 is 5.69 Å². The van der Waals surface area contributed by atoms with Gasteiger partial charge in [0.15, 0.2) is 0 Å². The summed E-state index contributed by atoms with van der Waals surface area (Å²) in [6.45, 7) is 5.46. The number of benzene rings is 1. The number of hydrogen-bond donors (Lipinski definition) is 0. The Bertz CT molecular complexity index is 388. The van der Waals surface area contributed by atoms with Gasteiger partial charge in [-0.05, 0) is 38.0 Å². The van der Waals surface area contributed by atoms with E-state index in [4.69, 9.17) is 5.26 Å². The summed E-state index contributed by atoms with van der Waals surface area (Å²) in [5.74, 6) is 0. The minimum absolute atomic E-state index is 0.519. The van der Waals surface area contributed by atoms with E-state index in [0.29, 0.717) is 6.04 Å². The predicted molar refractivity (Wildman–Crippen MR) is 57.3 cm³/mol. The maximum atomic E-state index is 8.83. The second kappa shape index (κ2) is 3.34. The molecule has 1 aromatic rings. The van der Waals surface area contributed by atoms with Crippen LogP contribution in [0.15, 0.2) is 18.2 Å². The smallest absolute Gasteiger partial charge is 0.0992 e. The molecule has 0 atom stereocenters.